The van der Waals surface area contributed by atoms with E-state index in [2.05, 4.69) is 28.3 Å². The van der Waals surface area contributed by atoms with Crippen molar-refractivity contribution in [3.63, 3.8) is 0 Å². The minimum absolute atomic E-state index is 0.394. The van der Waals surface area contributed by atoms with E-state index >= 15 is 0 Å². The van der Waals surface area contributed by atoms with Crippen molar-refractivity contribution in [2.24, 2.45) is 7.05 Å². The van der Waals surface area contributed by atoms with Crippen LogP contribution in [0.4, 0.5) is 0 Å². The summed E-state index contributed by atoms with van der Waals surface area (Å²) in [4.78, 5) is 2.45. The number of ether oxygens (including phenoxy) is 2. The summed E-state index contributed by atoms with van der Waals surface area (Å²) in [6.45, 7) is 6.37. The quantitative estimate of drug-likeness (QED) is 0.821. The number of fused-ring (bicyclic) bond motifs is 1. The van der Waals surface area contributed by atoms with Gasteiger partial charge in [0.15, 0.2) is 0 Å². The number of hydrogen-bond acceptors (Lipinski definition) is 4. The van der Waals surface area contributed by atoms with E-state index in [1.165, 1.54) is 16.8 Å². The van der Waals surface area contributed by atoms with E-state index in [0.717, 1.165) is 38.6 Å². The smallest absolute Gasteiger partial charge is 0.118 e. The van der Waals surface area contributed by atoms with Crippen molar-refractivity contribution in [3.8, 4) is 5.75 Å². The number of nitrogens with zero attached hydrogens (tertiary/aromatic N) is 3. The summed E-state index contributed by atoms with van der Waals surface area (Å²) in [6, 6.07) is 8.29. The van der Waals surface area contributed by atoms with E-state index in [-0.39, 0.29) is 0 Å². The molecule has 5 nitrogen and oxygen atoms in total. The first kappa shape index (κ1) is 16.0. The van der Waals surface area contributed by atoms with Crippen LogP contribution in [0, 0.1) is 0 Å². The third kappa shape index (κ3) is 3.74. The molecule has 124 valence electrons. The van der Waals surface area contributed by atoms with Crippen molar-refractivity contribution in [3.05, 3.63) is 47.3 Å². The van der Waals surface area contributed by atoms with Gasteiger partial charge in [-0.05, 0) is 24.6 Å². The Balaban J connectivity index is 1.73. The third-order valence-corrected chi connectivity index (χ3v) is 4.32. The summed E-state index contributed by atoms with van der Waals surface area (Å²) in [5.41, 5.74) is 3.81. The van der Waals surface area contributed by atoms with Crippen LogP contribution < -0.4 is 4.74 Å². The Morgan fingerprint density at radius 1 is 1.26 bits per heavy atom. The zero-order valence-corrected chi connectivity index (χ0v) is 14.2. The van der Waals surface area contributed by atoms with Crippen LogP contribution in [0.3, 0.4) is 0 Å². The molecule has 1 aliphatic heterocycles. The minimum atomic E-state index is 0.394. The van der Waals surface area contributed by atoms with E-state index in [0.29, 0.717) is 5.92 Å². The molecule has 2 aromatic rings. The van der Waals surface area contributed by atoms with Gasteiger partial charge < -0.3 is 9.47 Å². The standard InChI is InChI=1S/C18H25N3O2/c1-4-23-13-15-10-21(12-18-17(15)11-20(2)19-18)9-14-5-7-16(22-3)8-6-14/h5-8,11,15H,4,9-10,12-13H2,1-3H3/t15-/m0/s1. The molecule has 0 spiro atoms. The highest BCUT2D eigenvalue weighted by molar-refractivity contribution is 5.29. The first-order valence-electron chi connectivity index (χ1n) is 8.15. The highest BCUT2D eigenvalue weighted by Crippen LogP contribution is 2.29. The van der Waals surface area contributed by atoms with Gasteiger partial charge in [0.1, 0.15) is 5.75 Å². The highest BCUT2D eigenvalue weighted by atomic mass is 16.5. The predicted octanol–water partition coefficient (Wildman–Crippen LogP) is 2.56. The molecule has 23 heavy (non-hydrogen) atoms. The molecule has 0 bridgehead atoms. The van der Waals surface area contributed by atoms with E-state index in [9.17, 15) is 0 Å². The Morgan fingerprint density at radius 3 is 2.74 bits per heavy atom. The number of hydrogen-bond donors (Lipinski definition) is 0. The van der Waals surface area contributed by atoms with Crippen LogP contribution in [0.5, 0.6) is 5.75 Å². The summed E-state index contributed by atoms with van der Waals surface area (Å²) >= 11 is 0. The molecular weight excluding hydrogens is 290 g/mol. The summed E-state index contributed by atoms with van der Waals surface area (Å²) in [7, 11) is 3.68. The average molecular weight is 315 g/mol. The van der Waals surface area contributed by atoms with Crippen molar-refractivity contribution in [1.29, 1.82) is 0 Å². The molecule has 0 radical (unpaired) electrons. The topological polar surface area (TPSA) is 39.5 Å². The van der Waals surface area contributed by atoms with E-state index in [1.807, 2.05) is 30.8 Å². The van der Waals surface area contributed by atoms with Gasteiger partial charge in [0.25, 0.3) is 0 Å². The van der Waals surface area contributed by atoms with Crippen molar-refractivity contribution >= 4 is 0 Å². The van der Waals surface area contributed by atoms with Crippen LogP contribution in [0.2, 0.25) is 0 Å². The maximum atomic E-state index is 5.69. The molecule has 0 amide bonds. The molecule has 0 aliphatic carbocycles. The molecular formula is C18H25N3O2. The van der Waals surface area contributed by atoms with Crippen LogP contribution in [-0.4, -0.2) is 41.5 Å². The maximum Gasteiger partial charge on any atom is 0.118 e. The second kappa shape index (κ2) is 7.15. The lowest BCUT2D eigenvalue weighted by atomic mass is 9.95. The lowest BCUT2D eigenvalue weighted by molar-refractivity contribution is 0.105. The van der Waals surface area contributed by atoms with Crippen molar-refractivity contribution < 1.29 is 9.47 Å². The predicted molar refractivity (Wildman–Crippen MR) is 89.6 cm³/mol. The van der Waals surface area contributed by atoms with Crippen LogP contribution in [0.25, 0.3) is 0 Å². The summed E-state index contributed by atoms with van der Waals surface area (Å²) < 4.78 is 12.8. The molecule has 3 rings (SSSR count). The molecule has 1 atom stereocenters. The second-order valence-electron chi connectivity index (χ2n) is 6.08. The van der Waals surface area contributed by atoms with Gasteiger partial charge in [-0.1, -0.05) is 12.1 Å². The van der Waals surface area contributed by atoms with Crippen LogP contribution in [0.15, 0.2) is 30.5 Å². The molecule has 1 aliphatic rings. The summed E-state index contributed by atoms with van der Waals surface area (Å²) in [6.07, 6.45) is 2.14. The number of benzene rings is 1. The largest absolute Gasteiger partial charge is 0.497 e. The molecule has 5 heteroatoms. The van der Waals surface area contributed by atoms with Gasteiger partial charge in [-0.2, -0.15) is 5.10 Å². The minimum Gasteiger partial charge on any atom is -0.497 e. The van der Waals surface area contributed by atoms with Crippen molar-refractivity contribution in [2.45, 2.75) is 25.9 Å². The van der Waals surface area contributed by atoms with Crippen LogP contribution in [0.1, 0.15) is 29.7 Å². The van der Waals surface area contributed by atoms with E-state index < -0.39 is 0 Å². The Morgan fingerprint density at radius 2 is 2.04 bits per heavy atom. The van der Waals surface area contributed by atoms with Gasteiger partial charge in [-0.25, -0.2) is 0 Å². The number of aromatic nitrogens is 2. The number of aryl methyl sites for hydroxylation is 1. The fraction of sp³-hybridized carbons (Fsp3) is 0.500. The van der Waals surface area contributed by atoms with Gasteiger partial charge in [0, 0.05) is 51.0 Å². The first-order valence-corrected chi connectivity index (χ1v) is 8.15. The Bertz CT molecular complexity index is 636. The Kier molecular flexibility index (Phi) is 4.98. The monoisotopic (exact) mass is 315 g/mol. The maximum absolute atomic E-state index is 5.69. The normalized spacial score (nSPS) is 18.0. The molecule has 1 aromatic heterocycles. The Hall–Kier alpha value is -1.85. The zero-order chi connectivity index (χ0) is 16.2. The molecule has 2 heterocycles. The lowest BCUT2D eigenvalue weighted by Gasteiger charge is -2.32. The second-order valence-corrected chi connectivity index (χ2v) is 6.08. The highest BCUT2D eigenvalue weighted by Gasteiger charge is 2.28. The fourth-order valence-corrected chi connectivity index (χ4v) is 3.22. The van der Waals surface area contributed by atoms with Gasteiger partial charge in [-0.3, -0.25) is 9.58 Å². The first-order chi connectivity index (χ1) is 11.2. The van der Waals surface area contributed by atoms with Crippen LogP contribution in [-0.2, 0) is 24.9 Å². The zero-order valence-electron chi connectivity index (χ0n) is 14.2. The average Bonchev–Trinajstić information content (AvgIpc) is 2.93. The Labute approximate surface area is 137 Å². The lowest BCUT2D eigenvalue weighted by Crippen LogP contribution is -2.34. The summed E-state index contributed by atoms with van der Waals surface area (Å²) in [5.74, 6) is 1.29. The third-order valence-electron chi connectivity index (χ3n) is 4.32. The molecule has 0 unspecified atom stereocenters. The van der Waals surface area contributed by atoms with Gasteiger partial charge in [0.2, 0.25) is 0 Å². The number of rotatable bonds is 6. The summed E-state index contributed by atoms with van der Waals surface area (Å²) in [5, 5.41) is 4.63. The number of methoxy groups -OCH3 is 1. The molecule has 0 saturated heterocycles. The van der Waals surface area contributed by atoms with Gasteiger partial charge in [-0.15, -0.1) is 0 Å². The molecule has 0 fully saturated rings. The van der Waals surface area contributed by atoms with Gasteiger partial charge in [0.05, 0.1) is 19.4 Å². The molecule has 0 N–H and O–H groups in total. The molecule has 0 saturated carbocycles. The van der Waals surface area contributed by atoms with E-state index in [4.69, 9.17) is 9.47 Å². The molecule has 1 aromatic carbocycles. The van der Waals surface area contributed by atoms with Crippen molar-refractivity contribution in [1.82, 2.24) is 14.7 Å². The SMILES string of the molecule is CCOC[C@@H]1CN(Cc2ccc(OC)cc2)Cc2nn(C)cc21. The van der Waals surface area contributed by atoms with Gasteiger partial charge >= 0.3 is 0 Å². The van der Waals surface area contributed by atoms with Crippen LogP contribution >= 0.6 is 0 Å². The fourth-order valence-electron chi connectivity index (χ4n) is 3.22. The van der Waals surface area contributed by atoms with E-state index in [1.54, 1.807) is 7.11 Å². The van der Waals surface area contributed by atoms with Crippen molar-refractivity contribution in [2.75, 3.05) is 26.9 Å².